The third kappa shape index (κ3) is 5.58. The molecule has 0 aliphatic heterocycles. The second kappa shape index (κ2) is 7.21. The van der Waals surface area contributed by atoms with Gasteiger partial charge >= 0.3 is 0 Å². The largest absolute Gasteiger partial charge is 0.314 e. The number of rotatable bonds is 9. The molecule has 0 aromatic rings. The Morgan fingerprint density at radius 2 is 1.79 bits per heavy atom. The minimum absolute atomic E-state index is 0.847. The van der Waals surface area contributed by atoms with E-state index in [0.29, 0.717) is 0 Å². The zero-order valence-corrected chi connectivity index (χ0v) is 9.68. The normalized spacial score (nSPS) is 16.5. The van der Waals surface area contributed by atoms with Crippen molar-refractivity contribution in [2.24, 2.45) is 0 Å². The summed E-state index contributed by atoms with van der Waals surface area (Å²) in [5.41, 5.74) is 0. The Kier molecular flexibility index (Phi) is 6.15. The van der Waals surface area contributed by atoms with Crippen LogP contribution in [0.1, 0.15) is 26.7 Å². The molecule has 1 fully saturated rings. The van der Waals surface area contributed by atoms with Crippen molar-refractivity contribution < 1.29 is 0 Å². The number of likely N-dealkylation sites (N-methyl/N-ethyl adjacent to an activating group) is 1. The Labute approximate surface area is 88.2 Å². The van der Waals surface area contributed by atoms with E-state index in [4.69, 9.17) is 0 Å². The second-order valence-electron chi connectivity index (χ2n) is 4.01. The van der Waals surface area contributed by atoms with Crippen LogP contribution < -0.4 is 10.6 Å². The van der Waals surface area contributed by atoms with Gasteiger partial charge in [0.2, 0.25) is 0 Å². The van der Waals surface area contributed by atoms with Crippen LogP contribution in [0.15, 0.2) is 0 Å². The zero-order valence-electron chi connectivity index (χ0n) is 9.68. The van der Waals surface area contributed by atoms with Crippen molar-refractivity contribution >= 4 is 0 Å². The highest BCUT2D eigenvalue weighted by Gasteiger charge is 2.19. The van der Waals surface area contributed by atoms with Crippen LogP contribution in [0.2, 0.25) is 0 Å². The number of nitrogens with one attached hydrogen (secondary N) is 2. The average molecular weight is 199 g/mol. The van der Waals surface area contributed by atoms with Crippen LogP contribution >= 0.6 is 0 Å². The minimum atomic E-state index is 0.847. The standard InChI is InChI=1S/C11H25N3/c1-3-14(4-2)10-9-12-7-8-13-11-5-6-11/h11-13H,3-10H2,1-2H3. The van der Waals surface area contributed by atoms with E-state index in [-0.39, 0.29) is 0 Å². The summed E-state index contributed by atoms with van der Waals surface area (Å²) in [6.07, 6.45) is 2.78. The fourth-order valence-corrected chi connectivity index (χ4v) is 1.55. The Morgan fingerprint density at radius 1 is 1.07 bits per heavy atom. The molecule has 0 aromatic heterocycles. The van der Waals surface area contributed by atoms with Gasteiger partial charge in [-0.3, -0.25) is 0 Å². The Bertz CT molecular complexity index is 130. The van der Waals surface area contributed by atoms with Gasteiger partial charge in [-0.05, 0) is 25.9 Å². The smallest absolute Gasteiger partial charge is 0.0107 e. The molecule has 0 atom stereocenters. The molecule has 0 spiro atoms. The highest BCUT2D eigenvalue weighted by molar-refractivity contribution is 4.80. The predicted octanol–water partition coefficient (Wildman–Crippen LogP) is 0.670. The maximum atomic E-state index is 3.50. The summed E-state index contributed by atoms with van der Waals surface area (Å²) in [6.45, 7) is 11.3. The lowest BCUT2D eigenvalue weighted by molar-refractivity contribution is 0.302. The molecule has 2 N–H and O–H groups in total. The minimum Gasteiger partial charge on any atom is -0.314 e. The zero-order chi connectivity index (χ0) is 10.2. The summed E-state index contributed by atoms with van der Waals surface area (Å²) in [5.74, 6) is 0. The first-order valence-corrected chi connectivity index (χ1v) is 6.03. The first kappa shape index (κ1) is 12.0. The van der Waals surface area contributed by atoms with Gasteiger partial charge in [-0.2, -0.15) is 0 Å². The Hall–Kier alpha value is -0.120. The first-order chi connectivity index (χ1) is 6.86. The molecule has 1 saturated carbocycles. The van der Waals surface area contributed by atoms with E-state index in [9.17, 15) is 0 Å². The average Bonchev–Trinajstić information content (AvgIpc) is 3.01. The molecule has 0 amide bonds. The molecule has 0 radical (unpaired) electrons. The molecule has 0 unspecified atom stereocenters. The number of hydrogen-bond acceptors (Lipinski definition) is 3. The van der Waals surface area contributed by atoms with Crippen LogP contribution in [0.4, 0.5) is 0 Å². The third-order valence-corrected chi connectivity index (χ3v) is 2.81. The lowest BCUT2D eigenvalue weighted by Gasteiger charge is -2.17. The van der Waals surface area contributed by atoms with E-state index in [0.717, 1.165) is 25.7 Å². The quantitative estimate of drug-likeness (QED) is 0.535. The van der Waals surface area contributed by atoms with Gasteiger partial charge in [-0.15, -0.1) is 0 Å². The van der Waals surface area contributed by atoms with Crippen molar-refractivity contribution in [1.29, 1.82) is 0 Å². The molecule has 3 heteroatoms. The van der Waals surface area contributed by atoms with Crippen molar-refractivity contribution in [2.75, 3.05) is 39.3 Å². The van der Waals surface area contributed by atoms with E-state index in [2.05, 4.69) is 29.4 Å². The Morgan fingerprint density at radius 3 is 2.36 bits per heavy atom. The van der Waals surface area contributed by atoms with E-state index >= 15 is 0 Å². The highest BCUT2D eigenvalue weighted by atomic mass is 15.1. The summed E-state index contributed by atoms with van der Waals surface area (Å²) >= 11 is 0. The molecular weight excluding hydrogens is 174 g/mol. The maximum absolute atomic E-state index is 3.50. The summed E-state index contributed by atoms with van der Waals surface area (Å²) in [6, 6.07) is 0.847. The van der Waals surface area contributed by atoms with Crippen molar-refractivity contribution in [1.82, 2.24) is 15.5 Å². The van der Waals surface area contributed by atoms with Crippen LogP contribution in [-0.4, -0.2) is 50.2 Å². The summed E-state index contributed by atoms with van der Waals surface area (Å²) in [4.78, 5) is 2.45. The molecule has 0 saturated heterocycles. The van der Waals surface area contributed by atoms with Crippen LogP contribution in [0.5, 0.6) is 0 Å². The monoisotopic (exact) mass is 199 g/mol. The van der Waals surface area contributed by atoms with Gasteiger partial charge in [0.05, 0.1) is 0 Å². The predicted molar refractivity (Wildman–Crippen MR) is 61.7 cm³/mol. The van der Waals surface area contributed by atoms with Crippen LogP contribution in [0, 0.1) is 0 Å². The summed E-state index contributed by atoms with van der Waals surface area (Å²) in [5, 5.41) is 6.96. The molecule has 3 nitrogen and oxygen atoms in total. The van der Waals surface area contributed by atoms with Gasteiger partial charge in [0.25, 0.3) is 0 Å². The SMILES string of the molecule is CCN(CC)CCNCCNC1CC1. The highest BCUT2D eigenvalue weighted by Crippen LogP contribution is 2.17. The van der Waals surface area contributed by atoms with Gasteiger partial charge in [-0.25, -0.2) is 0 Å². The van der Waals surface area contributed by atoms with E-state index in [1.807, 2.05) is 0 Å². The van der Waals surface area contributed by atoms with Crippen molar-refractivity contribution in [3.05, 3.63) is 0 Å². The van der Waals surface area contributed by atoms with Gasteiger partial charge in [0.15, 0.2) is 0 Å². The third-order valence-electron chi connectivity index (χ3n) is 2.81. The van der Waals surface area contributed by atoms with Crippen molar-refractivity contribution in [3.8, 4) is 0 Å². The van der Waals surface area contributed by atoms with Crippen LogP contribution in [-0.2, 0) is 0 Å². The molecular formula is C11H25N3. The number of hydrogen-bond donors (Lipinski definition) is 2. The molecule has 84 valence electrons. The number of nitrogens with zero attached hydrogens (tertiary/aromatic N) is 1. The van der Waals surface area contributed by atoms with Gasteiger partial charge in [0.1, 0.15) is 0 Å². The molecule has 1 aliphatic rings. The van der Waals surface area contributed by atoms with E-state index in [1.165, 1.54) is 32.5 Å². The van der Waals surface area contributed by atoms with Gasteiger partial charge in [0, 0.05) is 32.2 Å². The molecule has 1 aliphatic carbocycles. The van der Waals surface area contributed by atoms with Crippen molar-refractivity contribution in [2.45, 2.75) is 32.7 Å². The molecule has 0 heterocycles. The topological polar surface area (TPSA) is 27.3 Å². The molecule has 0 bridgehead atoms. The fourth-order valence-electron chi connectivity index (χ4n) is 1.55. The van der Waals surface area contributed by atoms with Gasteiger partial charge in [-0.1, -0.05) is 13.8 Å². The Balaban J connectivity index is 1.78. The van der Waals surface area contributed by atoms with Crippen LogP contribution in [0.25, 0.3) is 0 Å². The first-order valence-electron chi connectivity index (χ1n) is 6.03. The van der Waals surface area contributed by atoms with Crippen molar-refractivity contribution in [3.63, 3.8) is 0 Å². The fraction of sp³-hybridized carbons (Fsp3) is 1.00. The lowest BCUT2D eigenvalue weighted by atomic mass is 10.4. The maximum Gasteiger partial charge on any atom is 0.0107 e. The molecule has 14 heavy (non-hydrogen) atoms. The van der Waals surface area contributed by atoms with E-state index in [1.54, 1.807) is 0 Å². The second-order valence-corrected chi connectivity index (χ2v) is 4.01. The summed E-state index contributed by atoms with van der Waals surface area (Å²) in [7, 11) is 0. The lowest BCUT2D eigenvalue weighted by Crippen LogP contribution is -2.35. The molecule has 0 aromatic carbocycles. The van der Waals surface area contributed by atoms with Gasteiger partial charge < -0.3 is 15.5 Å². The van der Waals surface area contributed by atoms with Crippen LogP contribution in [0.3, 0.4) is 0 Å². The summed E-state index contributed by atoms with van der Waals surface area (Å²) < 4.78 is 0. The van der Waals surface area contributed by atoms with E-state index < -0.39 is 0 Å². The molecule has 1 rings (SSSR count).